The molecule has 5 heteroatoms. The molecular formula is C19H23NO4. The summed E-state index contributed by atoms with van der Waals surface area (Å²) in [5.41, 5.74) is 0.233. The average Bonchev–Trinajstić information content (AvgIpc) is 2.79. The van der Waals surface area contributed by atoms with E-state index in [2.05, 4.69) is 0 Å². The Bertz CT molecular complexity index is 649. The van der Waals surface area contributed by atoms with Crippen LogP contribution in [0.3, 0.4) is 0 Å². The molecule has 1 fully saturated rings. The Kier molecular flexibility index (Phi) is 5.54. The number of nitrogens with zero attached hydrogens (tertiary/aromatic N) is 1. The zero-order chi connectivity index (χ0) is 17.7. The molecule has 0 aromatic heterocycles. The zero-order valence-corrected chi connectivity index (χ0v) is 14.3. The van der Waals surface area contributed by atoms with Gasteiger partial charge in [-0.2, -0.15) is 0 Å². The molecule has 1 aromatic carbocycles. The number of carbonyl (C=O) groups is 3. The van der Waals surface area contributed by atoms with E-state index >= 15 is 0 Å². The summed E-state index contributed by atoms with van der Waals surface area (Å²) in [5, 5.41) is 0. The summed E-state index contributed by atoms with van der Waals surface area (Å²) in [7, 11) is 0. The fraction of sp³-hybridized carbons (Fsp3) is 0.421. The lowest BCUT2D eigenvalue weighted by Gasteiger charge is -2.21. The van der Waals surface area contributed by atoms with Crippen LogP contribution in [0, 0.1) is 5.41 Å². The molecule has 1 aromatic rings. The van der Waals surface area contributed by atoms with Crippen LogP contribution >= 0.6 is 0 Å². The number of carbonyl (C=O) groups excluding carboxylic acids is 3. The van der Waals surface area contributed by atoms with Crippen LogP contribution in [0.2, 0.25) is 0 Å². The Morgan fingerprint density at radius 2 is 1.96 bits per heavy atom. The smallest absolute Gasteiger partial charge is 0.329 e. The summed E-state index contributed by atoms with van der Waals surface area (Å²) >= 11 is 0. The quantitative estimate of drug-likeness (QED) is 0.779. The SMILES string of the molecule is CCOC(=O)[C@@H]1CC(C)(C)C(=O)N1C(=O)C/C=C/c1ccccc1. The molecule has 2 rings (SSSR count). The number of rotatable bonds is 5. The molecule has 24 heavy (non-hydrogen) atoms. The van der Waals surface area contributed by atoms with Gasteiger partial charge in [0.2, 0.25) is 11.8 Å². The van der Waals surface area contributed by atoms with E-state index < -0.39 is 17.4 Å². The van der Waals surface area contributed by atoms with Gasteiger partial charge in [0.1, 0.15) is 6.04 Å². The van der Waals surface area contributed by atoms with Crippen molar-refractivity contribution in [3.63, 3.8) is 0 Å². The van der Waals surface area contributed by atoms with Crippen molar-refractivity contribution in [2.75, 3.05) is 6.61 Å². The summed E-state index contributed by atoms with van der Waals surface area (Å²) in [6.45, 7) is 5.41. The van der Waals surface area contributed by atoms with Crippen molar-refractivity contribution in [1.82, 2.24) is 4.90 Å². The van der Waals surface area contributed by atoms with Crippen molar-refractivity contribution >= 4 is 23.9 Å². The van der Waals surface area contributed by atoms with Gasteiger partial charge in [-0.1, -0.05) is 56.3 Å². The van der Waals surface area contributed by atoms with Crippen LogP contribution in [-0.4, -0.2) is 35.3 Å². The minimum atomic E-state index is -0.829. The lowest BCUT2D eigenvalue weighted by atomic mass is 9.90. The van der Waals surface area contributed by atoms with Crippen LogP contribution in [0.5, 0.6) is 0 Å². The molecule has 0 spiro atoms. The molecule has 5 nitrogen and oxygen atoms in total. The van der Waals surface area contributed by atoms with E-state index in [1.54, 1.807) is 26.8 Å². The summed E-state index contributed by atoms with van der Waals surface area (Å²) in [6, 6.07) is 8.75. The van der Waals surface area contributed by atoms with Crippen molar-refractivity contribution in [1.29, 1.82) is 0 Å². The van der Waals surface area contributed by atoms with Crippen LogP contribution in [0.1, 0.15) is 39.2 Å². The minimum absolute atomic E-state index is 0.0621. The number of hydrogen-bond donors (Lipinski definition) is 0. The normalized spacial score (nSPS) is 19.7. The van der Waals surface area contributed by atoms with Gasteiger partial charge in [0, 0.05) is 11.8 Å². The molecule has 1 aliphatic heterocycles. The minimum Gasteiger partial charge on any atom is -0.464 e. The van der Waals surface area contributed by atoms with Gasteiger partial charge in [-0.25, -0.2) is 4.79 Å². The molecule has 1 atom stereocenters. The van der Waals surface area contributed by atoms with Crippen LogP contribution in [0.25, 0.3) is 6.08 Å². The lowest BCUT2D eigenvalue weighted by Crippen LogP contribution is -2.44. The third-order valence-electron chi connectivity index (χ3n) is 4.04. The first-order valence-corrected chi connectivity index (χ1v) is 8.11. The molecule has 0 saturated carbocycles. The maximum absolute atomic E-state index is 12.5. The van der Waals surface area contributed by atoms with Crippen LogP contribution in [0.4, 0.5) is 0 Å². The van der Waals surface area contributed by atoms with Gasteiger partial charge in [-0.15, -0.1) is 0 Å². The third-order valence-corrected chi connectivity index (χ3v) is 4.04. The highest BCUT2D eigenvalue weighted by molar-refractivity contribution is 6.04. The second-order valence-corrected chi connectivity index (χ2v) is 6.44. The molecule has 0 radical (unpaired) electrons. The van der Waals surface area contributed by atoms with Crippen molar-refractivity contribution in [2.24, 2.45) is 5.41 Å². The predicted octanol–water partition coefficient (Wildman–Crippen LogP) is 2.81. The maximum Gasteiger partial charge on any atom is 0.329 e. The molecule has 0 bridgehead atoms. The second kappa shape index (κ2) is 7.43. The Morgan fingerprint density at radius 3 is 2.58 bits per heavy atom. The van der Waals surface area contributed by atoms with Gasteiger partial charge in [-0.3, -0.25) is 14.5 Å². The molecule has 0 N–H and O–H groups in total. The Morgan fingerprint density at radius 1 is 1.29 bits per heavy atom. The standard InChI is InChI=1S/C19H23NO4/c1-4-24-17(22)15-13-19(2,3)18(23)20(15)16(21)12-8-11-14-9-6-5-7-10-14/h5-11,15H,4,12-13H2,1-3H3/b11-8+/t15-/m0/s1. The zero-order valence-electron chi connectivity index (χ0n) is 14.3. The van der Waals surface area contributed by atoms with Gasteiger partial charge in [0.25, 0.3) is 0 Å². The van der Waals surface area contributed by atoms with Gasteiger partial charge in [0.05, 0.1) is 6.61 Å². The van der Waals surface area contributed by atoms with E-state index in [0.29, 0.717) is 6.42 Å². The van der Waals surface area contributed by atoms with Crippen molar-refractivity contribution in [3.05, 3.63) is 42.0 Å². The van der Waals surface area contributed by atoms with E-state index in [-0.39, 0.29) is 24.8 Å². The molecule has 2 amide bonds. The van der Waals surface area contributed by atoms with Crippen molar-refractivity contribution in [2.45, 2.75) is 39.7 Å². The average molecular weight is 329 g/mol. The van der Waals surface area contributed by atoms with Gasteiger partial charge in [0.15, 0.2) is 0 Å². The number of ether oxygens (including phenoxy) is 1. The first-order chi connectivity index (χ1) is 11.4. The van der Waals surface area contributed by atoms with E-state index in [1.807, 2.05) is 36.4 Å². The van der Waals surface area contributed by atoms with E-state index in [1.165, 1.54) is 0 Å². The molecule has 1 heterocycles. The fourth-order valence-electron chi connectivity index (χ4n) is 2.80. The topological polar surface area (TPSA) is 63.7 Å². The molecular weight excluding hydrogens is 306 g/mol. The fourth-order valence-corrected chi connectivity index (χ4v) is 2.80. The van der Waals surface area contributed by atoms with E-state index in [4.69, 9.17) is 4.74 Å². The van der Waals surface area contributed by atoms with Crippen LogP contribution < -0.4 is 0 Å². The van der Waals surface area contributed by atoms with E-state index in [9.17, 15) is 14.4 Å². The summed E-state index contributed by atoms with van der Waals surface area (Å²) in [6.07, 6.45) is 3.88. The highest BCUT2D eigenvalue weighted by Gasteiger charge is 2.51. The Hall–Kier alpha value is -2.43. The molecule has 0 unspecified atom stereocenters. The summed E-state index contributed by atoms with van der Waals surface area (Å²) < 4.78 is 5.02. The number of hydrogen-bond acceptors (Lipinski definition) is 4. The molecule has 128 valence electrons. The summed E-state index contributed by atoms with van der Waals surface area (Å²) in [4.78, 5) is 38.2. The molecule has 1 saturated heterocycles. The van der Waals surface area contributed by atoms with Crippen molar-refractivity contribution in [3.8, 4) is 0 Å². The molecule has 0 aliphatic carbocycles. The highest BCUT2D eigenvalue weighted by atomic mass is 16.5. The Labute approximate surface area is 142 Å². The van der Waals surface area contributed by atoms with Gasteiger partial charge < -0.3 is 4.74 Å². The Balaban J connectivity index is 2.11. The highest BCUT2D eigenvalue weighted by Crippen LogP contribution is 2.36. The van der Waals surface area contributed by atoms with Gasteiger partial charge >= 0.3 is 5.97 Å². The second-order valence-electron chi connectivity index (χ2n) is 6.44. The molecule has 1 aliphatic rings. The number of likely N-dealkylation sites (tertiary alicyclic amines) is 1. The lowest BCUT2D eigenvalue weighted by molar-refractivity contribution is -0.157. The van der Waals surface area contributed by atoms with E-state index in [0.717, 1.165) is 10.5 Å². The van der Waals surface area contributed by atoms with Crippen LogP contribution in [-0.2, 0) is 19.1 Å². The van der Waals surface area contributed by atoms with Gasteiger partial charge in [-0.05, 0) is 18.9 Å². The summed E-state index contributed by atoms with van der Waals surface area (Å²) in [5.74, 6) is -1.22. The number of imide groups is 1. The first-order valence-electron chi connectivity index (χ1n) is 8.11. The predicted molar refractivity (Wildman–Crippen MR) is 90.8 cm³/mol. The van der Waals surface area contributed by atoms with Crippen molar-refractivity contribution < 1.29 is 19.1 Å². The largest absolute Gasteiger partial charge is 0.464 e. The van der Waals surface area contributed by atoms with Crippen LogP contribution in [0.15, 0.2) is 36.4 Å². The number of amides is 2. The number of benzene rings is 1. The maximum atomic E-state index is 12.5. The number of esters is 1. The first kappa shape index (κ1) is 17.9. The monoisotopic (exact) mass is 329 g/mol. The third kappa shape index (κ3) is 3.91.